The van der Waals surface area contributed by atoms with Crippen molar-refractivity contribution in [2.45, 2.75) is 87.4 Å². The summed E-state index contributed by atoms with van der Waals surface area (Å²) in [6.45, 7) is 0.868. The van der Waals surface area contributed by atoms with Crippen molar-refractivity contribution in [1.82, 2.24) is 0 Å². The second kappa shape index (κ2) is 19.8. The van der Waals surface area contributed by atoms with Crippen molar-refractivity contribution in [3.63, 3.8) is 0 Å². The molecule has 4 aromatic carbocycles. The van der Waals surface area contributed by atoms with Crippen LogP contribution in [0.15, 0.2) is 132 Å². The van der Waals surface area contributed by atoms with Gasteiger partial charge in [-0.3, -0.25) is 0 Å². The summed E-state index contributed by atoms with van der Waals surface area (Å²) in [5, 5.41) is 8.15. The molecular weight excluding hydrogens is 720 g/mol. The Balaban J connectivity index is 1.21. The van der Waals surface area contributed by atoms with E-state index < -0.39 is 67.6 Å². The molecular formula is C41H44N6O9. The Hall–Kier alpha value is -4.86. The highest BCUT2D eigenvalue weighted by atomic mass is 16.8. The van der Waals surface area contributed by atoms with Gasteiger partial charge in [0.25, 0.3) is 0 Å². The first-order chi connectivity index (χ1) is 27.6. The highest BCUT2D eigenvalue weighted by molar-refractivity contribution is 5.18. The monoisotopic (exact) mass is 764 g/mol. The third-order valence-corrected chi connectivity index (χ3v) is 9.85. The number of hydrogen-bond acceptors (Lipinski definition) is 11. The Labute approximate surface area is 324 Å². The molecule has 0 unspecified atom stereocenters. The first kappa shape index (κ1) is 39.4. The van der Waals surface area contributed by atoms with Crippen molar-refractivity contribution in [1.29, 1.82) is 0 Å². The second-order valence-electron chi connectivity index (χ2n) is 13.5. The summed E-state index contributed by atoms with van der Waals surface area (Å²) in [5.41, 5.74) is 23.2. The second-order valence-corrected chi connectivity index (χ2v) is 13.5. The molecule has 11 atom stereocenters. The predicted octanol–water partition coefficient (Wildman–Crippen LogP) is 7.33. The van der Waals surface area contributed by atoms with Gasteiger partial charge in [0, 0.05) is 22.5 Å². The maximum absolute atomic E-state index is 9.82. The van der Waals surface area contributed by atoms with Crippen LogP contribution >= 0.6 is 0 Å². The van der Waals surface area contributed by atoms with E-state index in [9.17, 15) is 11.1 Å². The van der Waals surface area contributed by atoms with Gasteiger partial charge in [0.05, 0.1) is 51.2 Å². The van der Waals surface area contributed by atoms with Crippen molar-refractivity contribution >= 4 is 0 Å². The Morgan fingerprint density at radius 1 is 0.625 bits per heavy atom. The van der Waals surface area contributed by atoms with Gasteiger partial charge in [-0.05, 0) is 27.8 Å². The van der Waals surface area contributed by atoms with E-state index in [0.717, 1.165) is 22.3 Å². The lowest BCUT2D eigenvalue weighted by molar-refractivity contribution is -0.366. The van der Waals surface area contributed by atoms with Gasteiger partial charge in [-0.1, -0.05) is 132 Å². The number of hydrogen-bond donors (Lipinski definition) is 0. The topological polar surface area (TPSA) is 181 Å². The third kappa shape index (κ3) is 9.74. The zero-order chi connectivity index (χ0) is 38.5. The van der Waals surface area contributed by atoms with E-state index in [4.69, 9.17) is 42.6 Å². The van der Waals surface area contributed by atoms with E-state index in [1.165, 1.54) is 0 Å². The molecule has 0 aromatic heterocycles. The third-order valence-electron chi connectivity index (χ3n) is 9.85. The molecule has 0 saturated carbocycles. The summed E-state index contributed by atoms with van der Waals surface area (Å²) in [6, 6.07) is 36.4. The lowest BCUT2D eigenvalue weighted by Gasteiger charge is -2.50. The van der Waals surface area contributed by atoms with Crippen LogP contribution in [0.4, 0.5) is 0 Å². The molecule has 0 spiro atoms. The van der Waals surface area contributed by atoms with E-state index in [-0.39, 0.29) is 26.4 Å². The number of methoxy groups -OCH3 is 1. The fourth-order valence-electron chi connectivity index (χ4n) is 7.13. The summed E-state index contributed by atoms with van der Waals surface area (Å²) < 4.78 is 57.9. The molecule has 3 aliphatic rings. The van der Waals surface area contributed by atoms with Crippen LogP contribution in [0.2, 0.25) is 0 Å². The molecule has 0 radical (unpaired) electrons. The Bertz CT molecular complexity index is 1890. The standard InChI is InChI=1S/C41H44N6O9/c1-48-41-38(51-24-29-18-10-4-11-19-29)37(50-23-28-16-8-3-9-17-28)36(31(54-41)25-49-22-27-14-6-2-7-15-27)56-40-34(45-47-43)33(44-46-42)35-32(53-40)26-52-39(55-35)30-20-12-5-13-21-30/h2-21,31-41H,22-26H2,1H3/t31-,32-,33-,34+,35-,36-,37+,38-,39-,40-,41+/m1/s1. The van der Waals surface area contributed by atoms with E-state index >= 15 is 0 Å². The molecule has 3 aliphatic heterocycles. The number of rotatable bonds is 16. The van der Waals surface area contributed by atoms with Crippen molar-refractivity contribution in [3.05, 3.63) is 164 Å². The molecule has 3 fully saturated rings. The van der Waals surface area contributed by atoms with Crippen LogP contribution in [0.25, 0.3) is 20.9 Å². The average molecular weight is 765 g/mol. The molecule has 15 heteroatoms. The van der Waals surface area contributed by atoms with Crippen LogP contribution in [-0.2, 0) is 62.5 Å². The van der Waals surface area contributed by atoms with Gasteiger partial charge >= 0.3 is 0 Å². The van der Waals surface area contributed by atoms with Crippen LogP contribution in [-0.4, -0.2) is 81.6 Å². The van der Waals surface area contributed by atoms with Gasteiger partial charge in [-0.2, -0.15) is 0 Å². The van der Waals surface area contributed by atoms with Gasteiger partial charge in [-0.25, -0.2) is 0 Å². The van der Waals surface area contributed by atoms with Crippen LogP contribution in [0.5, 0.6) is 0 Å². The maximum atomic E-state index is 9.82. The molecule has 56 heavy (non-hydrogen) atoms. The van der Waals surface area contributed by atoms with Gasteiger partial charge in [0.1, 0.15) is 30.5 Å². The van der Waals surface area contributed by atoms with E-state index in [1.54, 1.807) is 7.11 Å². The van der Waals surface area contributed by atoms with Crippen LogP contribution < -0.4 is 0 Å². The zero-order valence-electron chi connectivity index (χ0n) is 30.8. The summed E-state index contributed by atoms with van der Waals surface area (Å²) in [7, 11) is 1.54. The van der Waals surface area contributed by atoms with Gasteiger partial charge in [-0.15, -0.1) is 0 Å². The molecule has 292 valence electrons. The Morgan fingerprint density at radius 3 is 1.77 bits per heavy atom. The van der Waals surface area contributed by atoms with Crippen molar-refractivity contribution in [2.75, 3.05) is 20.3 Å². The lowest BCUT2D eigenvalue weighted by Crippen LogP contribution is -2.65. The molecule has 0 aliphatic carbocycles. The SMILES string of the molecule is CO[C@H]1O[C@H](COCc2ccccc2)[C@@H](O[C@H]2O[C@@H]3CO[C@@H](c4ccccc4)O[C@H]3[C@H](N=[N+]=[N-])[C@@H]2N=[N+]=[N-])[C@H](OCc2ccccc2)[C@H]1OCc1ccccc1. The fraction of sp³-hybridized carbons (Fsp3) is 0.415. The maximum Gasteiger partial charge on any atom is 0.186 e. The summed E-state index contributed by atoms with van der Waals surface area (Å²) >= 11 is 0. The summed E-state index contributed by atoms with van der Waals surface area (Å²) in [6.07, 6.45) is -7.88. The molecule has 4 aromatic rings. The first-order valence-electron chi connectivity index (χ1n) is 18.5. The van der Waals surface area contributed by atoms with Crippen LogP contribution in [0, 0.1) is 0 Å². The van der Waals surface area contributed by atoms with Crippen molar-refractivity contribution < 1.29 is 42.6 Å². The number of nitrogens with zero attached hydrogens (tertiary/aromatic N) is 6. The van der Waals surface area contributed by atoms with Crippen molar-refractivity contribution in [2.24, 2.45) is 10.2 Å². The first-order valence-corrected chi connectivity index (χ1v) is 18.5. The number of ether oxygens (including phenoxy) is 9. The minimum atomic E-state index is -1.26. The Kier molecular flexibility index (Phi) is 13.9. The average Bonchev–Trinajstić information content (AvgIpc) is 3.25. The molecule has 3 heterocycles. The van der Waals surface area contributed by atoms with E-state index in [1.807, 2.05) is 121 Å². The van der Waals surface area contributed by atoms with Gasteiger partial charge in [0.15, 0.2) is 18.9 Å². The highest BCUT2D eigenvalue weighted by Crippen LogP contribution is 2.39. The van der Waals surface area contributed by atoms with Crippen LogP contribution in [0.1, 0.15) is 28.5 Å². The minimum absolute atomic E-state index is 0.0612. The lowest BCUT2D eigenvalue weighted by atomic mass is 9.93. The molecule has 0 bridgehead atoms. The van der Waals surface area contributed by atoms with Gasteiger partial charge < -0.3 is 42.6 Å². The van der Waals surface area contributed by atoms with Crippen LogP contribution in [0.3, 0.4) is 0 Å². The normalized spacial score (nSPS) is 30.0. The number of azide groups is 2. The summed E-state index contributed by atoms with van der Waals surface area (Å²) in [4.78, 5) is 6.23. The zero-order valence-corrected chi connectivity index (χ0v) is 30.8. The Morgan fingerprint density at radius 2 is 1.18 bits per heavy atom. The molecule has 3 saturated heterocycles. The molecule has 15 nitrogen and oxygen atoms in total. The van der Waals surface area contributed by atoms with E-state index in [2.05, 4.69) is 20.1 Å². The smallest absolute Gasteiger partial charge is 0.186 e. The highest BCUT2D eigenvalue weighted by Gasteiger charge is 2.54. The number of fused-ring (bicyclic) bond motifs is 1. The number of benzene rings is 4. The quantitative estimate of drug-likeness (QED) is 0.0641. The van der Waals surface area contributed by atoms with Gasteiger partial charge in [0.2, 0.25) is 0 Å². The fourth-order valence-corrected chi connectivity index (χ4v) is 7.13. The minimum Gasteiger partial charge on any atom is -0.374 e. The van der Waals surface area contributed by atoms with Crippen molar-refractivity contribution in [3.8, 4) is 0 Å². The molecule has 7 rings (SSSR count). The largest absolute Gasteiger partial charge is 0.374 e. The molecule has 0 N–H and O–H groups in total. The predicted molar refractivity (Wildman–Crippen MR) is 201 cm³/mol. The van der Waals surface area contributed by atoms with E-state index in [0.29, 0.717) is 6.61 Å². The molecule has 0 amide bonds. The summed E-state index contributed by atoms with van der Waals surface area (Å²) in [5.74, 6) is 0.